The van der Waals surface area contributed by atoms with Crippen molar-refractivity contribution < 1.29 is 8.42 Å². The van der Waals surface area contributed by atoms with Gasteiger partial charge in [0.25, 0.3) is 10.0 Å². The zero-order valence-electron chi connectivity index (χ0n) is 14.6. The summed E-state index contributed by atoms with van der Waals surface area (Å²) in [6.07, 6.45) is 0.493. The van der Waals surface area contributed by atoms with Crippen molar-refractivity contribution in [2.75, 3.05) is 0 Å². The molecular weight excluding hydrogens is 344 g/mol. The van der Waals surface area contributed by atoms with E-state index in [1.807, 2.05) is 67.6 Å². The Morgan fingerprint density at radius 3 is 1.96 bits per heavy atom. The second-order valence-electron chi connectivity index (χ2n) is 6.26. The minimum atomic E-state index is -3.81. The molecule has 3 aromatic carbocycles. The third kappa shape index (κ3) is 4.02. The summed E-state index contributed by atoms with van der Waals surface area (Å²) < 4.78 is 27.1. The van der Waals surface area contributed by atoms with E-state index in [0.717, 1.165) is 21.1 Å². The highest BCUT2D eigenvalue weighted by Gasteiger charge is 2.30. The molecule has 26 heavy (non-hydrogen) atoms. The lowest BCUT2D eigenvalue weighted by molar-refractivity contribution is 0.331. The Morgan fingerprint density at radius 2 is 1.38 bits per heavy atom. The molecule has 2 N–H and O–H groups in total. The summed E-state index contributed by atoms with van der Waals surface area (Å²) in [6, 6.07) is 25.5. The molecule has 3 rings (SSSR count). The minimum absolute atomic E-state index is 0.194. The Kier molecular flexibility index (Phi) is 5.52. The van der Waals surface area contributed by atoms with Gasteiger partial charge in [-0.3, -0.25) is 5.84 Å². The molecule has 0 aliphatic carbocycles. The molecule has 0 bridgehead atoms. The van der Waals surface area contributed by atoms with Gasteiger partial charge in [0, 0.05) is 0 Å². The third-order valence-electron chi connectivity index (χ3n) is 4.36. The fraction of sp³-hybridized carbons (Fsp3) is 0.143. The van der Waals surface area contributed by atoms with Crippen LogP contribution in [0.3, 0.4) is 0 Å². The Labute approximate surface area is 154 Å². The Balaban J connectivity index is 1.99. The van der Waals surface area contributed by atoms with Crippen molar-refractivity contribution in [3.8, 4) is 0 Å². The van der Waals surface area contributed by atoms with E-state index >= 15 is 0 Å². The number of rotatable bonds is 6. The van der Waals surface area contributed by atoms with Crippen LogP contribution in [-0.4, -0.2) is 12.8 Å². The second-order valence-corrected chi connectivity index (χ2v) is 8.11. The van der Waals surface area contributed by atoms with Crippen LogP contribution < -0.4 is 5.84 Å². The van der Waals surface area contributed by atoms with Gasteiger partial charge in [-0.2, -0.15) is 0 Å². The molecule has 0 saturated carbocycles. The fourth-order valence-electron chi connectivity index (χ4n) is 2.87. The molecule has 0 amide bonds. The zero-order valence-corrected chi connectivity index (χ0v) is 15.4. The van der Waals surface area contributed by atoms with Gasteiger partial charge in [0.2, 0.25) is 0 Å². The van der Waals surface area contributed by atoms with Gasteiger partial charge in [-0.1, -0.05) is 78.4 Å². The highest BCUT2D eigenvalue weighted by molar-refractivity contribution is 7.89. The lowest BCUT2D eigenvalue weighted by Gasteiger charge is -2.27. The van der Waals surface area contributed by atoms with E-state index in [1.54, 1.807) is 24.3 Å². The van der Waals surface area contributed by atoms with Gasteiger partial charge in [-0.05, 0) is 36.6 Å². The Bertz CT molecular complexity index is 940. The van der Waals surface area contributed by atoms with Crippen molar-refractivity contribution in [3.63, 3.8) is 0 Å². The van der Waals surface area contributed by atoms with Gasteiger partial charge >= 0.3 is 0 Å². The van der Waals surface area contributed by atoms with E-state index in [2.05, 4.69) is 0 Å². The largest absolute Gasteiger partial charge is 0.256 e. The third-order valence-corrected chi connectivity index (χ3v) is 6.04. The SMILES string of the molecule is Cc1ccc(S(=O)(=O)N(N)[C@@H](Cc2ccccc2)c2ccccc2)cc1. The van der Waals surface area contributed by atoms with Crippen LogP contribution in [0.25, 0.3) is 0 Å². The number of benzene rings is 3. The van der Waals surface area contributed by atoms with Crippen molar-refractivity contribution in [2.45, 2.75) is 24.3 Å². The number of nitrogens with zero attached hydrogens (tertiary/aromatic N) is 1. The van der Waals surface area contributed by atoms with Gasteiger partial charge in [-0.25, -0.2) is 8.42 Å². The predicted octanol–water partition coefficient (Wildman–Crippen LogP) is 3.84. The summed E-state index contributed by atoms with van der Waals surface area (Å²) in [7, 11) is -3.81. The molecule has 0 aromatic heterocycles. The van der Waals surface area contributed by atoms with Crippen molar-refractivity contribution in [2.24, 2.45) is 5.84 Å². The first kappa shape index (κ1) is 18.3. The first-order valence-electron chi connectivity index (χ1n) is 8.43. The van der Waals surface area contributed by atoms with Crippen molar-refractivity contribution in [1.82, 2.24) is 4.41 Å². The topological polar surface area (TPSA) is 63.4 Å². The fourth-order valence-corrected chi connectivity index (χ4v) is 4.12. The van der Waals surface area contributed by atoms with E-state index in [-0.39, 0.29) is 4.90 Å². The van der Waals surface area contributed by atoms with Gasteiger partial charge in [0.1, 0.15) is 0 Å². The molecule has 0 heterocycles. The van der Waals surface area contributed by atoms with Gasteiger partial charge in [-0.15, -0.1) is 4.41 Å². The van der Waals surface area contributed by atoms with Crippen LogP contribution in [0.5, 0.6) is 0 Å². The lowest BCUT2D eigenvalue weighted by atomic mass is 9.99. The smallest absolute Gasteiger partial charge is 0.254 e. The van der Waals surface area contributed by atoms with E-state index in [9.17, 15) is 8.42 Å². The summed E-state index contributed by atoms with van der Waals surface area (Å²) in [6.45, 7) is 1.92. The molecule has 0 saturated heterocycles. The molecule has 1 atom stereocenters. The Hall–Kier alpha value is -2.47. The first-order chi connectivity index (χ1) is 12.5. The van der Waals surface area contributed by atoms with E-state index in [1.165, 1.54) is 0 Å². The number of hydrogen-bond donors (Lipinski definition) is 1. The van der Waals surface area contributed by atoms with E-state index in [0.29, 0.717) is 6.42 Å². The lowest BCUT2D eigenvalue weighted by Crippen LogP contribution is -2.41. The molecule has 3 aromatic rings. The molecule has 0 unspecified atom stereocenters. The predicted molar refractivity (Wildman–Crippen MR) is 104 cm³/mol. The van der Waals surface area contributed by atoms with E-state index < -0.39 is 16.1 Å². The summed E-state index contributed by atoms with van der Waals surface area (Å²) in [5, 5.41) is 0. The molecule has 0 aliphatic rings. The molecular formula is C21H22N2O2S. The van der Waals surface area contributed by atoms with Gasteiger partial charge in [0.05, 0.1) is 10.9 Å². The van der Waals surface area contributed by atoms with Gasteiger partial charge < -0.3 is 0 Å². The first-order valence-corrected chi connectivity index (χ1v) is 9.87. The second kappa shape index (κ2) is 7.83. The minimum Gasteiger partial charge on any atom is -0.254 e. The molecule has 4 nitrogen and oxygen atoms in total. The molecule has 0 fully saturated rings. The Morgan fingerprint density at radius 1 is 0.846 bits per heavy atom. The van der Waals surface area contributed by atoms with Crippen molar-refractivity contribution >= 4 is 10.0 Å². The maximum atomic E-state index is 13.0. The van der Waals surface area contributed by atoms with Crippen molar-refractivity contribution in [3.05, 3.63) is 102 Å². The molecule has 0 radical (unpaired) electrons. The molecule has 5 heteroatoms. The van der Waals surface area contributed by atoms with Crippen LogP contribution >= 0.6 is 0 Å². The molecule has 134 valence electrons. The number of hydrazine groups is 1. The standard InChI is InChI=1S/C21H22N2O2S/c1-17-12-14-20(15-13-17)26(24,25)23(22)21(19-10-6-3-7-11-19)16-18-8-4-2-5-9-18/h2-15,21H,16,22H2,1H3/t21-/m0/s1. The van der Waals surface area contributed by atoms with Crippen LogP contribution in [0, 0.1) is 6.92 Å². The molecule has 0 aliphatic heterocycles. The number of hydrogen-bond acceptors (Lipinski definition) is 3. The van der Waals surface area contributed by atoms with Crippen LogP contribution in [0.2, 0.25) is 0 Å². The van der Waals surface area contributed by atoms with Crippen LogP contribution in [0.15, 0.2) is 89.8 Å². The van der Waals surface area contributed by atoms with E-state index in [4.69, 9.17) is 5.84 Å². The summed E-state index contributed by atoms with van der Waals surface area (Å²) in [4.78, 5) is 0.194. The number of aryl methyl sites for hydroxylation is 1. The summed E-state index contributed by atoms with van der Waals surface area (Å²) in [5.74, 6) is 6.19. The monoisotopic (exact) mass is 366 g/mol. The van der Waals surface area contributed by atoms with Crippen molar-refractivity contribution in [1.29, 1.82) is 0 Å². The van der Waals surface area contributed by atoms with Crippen LogP contribution in [-0.2, 0) is 16.4 Å². The highest BCUT2D eigenvalue weighted by Crippen LogP contribution is 2.28. The van der Waals surface area contributed by atoms with Gasteiger partial charge in [0.15, 0.2) is 0 Å². The van der Waals surface area contributed by atoms with Crippen LogP contribution in [0.1, 0.15) is 22.7 Å². The molecule has 0 spiro atoms. The summed E-state index contributed by atoms with van der Waals surface area (Å²) in [5.41, 5.74) is 2.88. The average molecular weight is 366 g/mol. The normalized spacial score (nSPS) is 12.9. The number of nitrogens with two attached hydrogens (primary N) is 1. The highest BCUT2D eigenvalue weighted by atomic mass is 32.2. The maximum Gasteiger partial charge on any atom is 0.256 e. The van der Waals surface area contributed by atoms with Crippen LogP contribution in [0.4, 0.5) is 0 Å². The average Bonchev–Trinajstić information content (AvgIpc) is 2.67. The number of sulfonamides is 1. The quantitative estimate of drug-likeness (QED) is 0.532. The summed E-state index contributed by atoms with van der Waals surface area (Å²) >= 11 is 0. The zero-order chi connectivity index (χ0) is 18.6. The maximum absolute atomic E-state index is 13.0.